The van der Waals surface area contributed by atoms with Gasteiger partial charge in [-0.25, -0.2) is 0 Å². The number of hydrogen-bond donors (Lipinski definition) is 3. The van der Waals surface area contributed by atoms with Crippen molar-refractivity contribution in [2.45, 2.75) is 32.0 Å². The molecule has 1 aromatic rings. The van der Waals surface area contributed by atoms with E-state index in [0.29, 0.717) is 13.1 Å². The predicted molar refractivity (Wildman–Crippen MR) is 77.5 cm³/mol. The van der Waals surface area contributed by atoms with Gasteiger partial charge in [0.15, 0.2) is 0 Å². The van der Waals surface area contributed by atoms with Crippen molar-refractivity contribution in [3.63, 3.8) is 0 Å². The van der Waals surface area contributed by atoms with Gasteiger partial charge in [-0.2, -0.15) is 0 Å². The molecule has 5 nitrogen and oxygen atoms in total. The number of β-amino-alcohol motifs (C(OH)–C–C–N with tert-alkyl or cyclic N) is 2. The van der Waals surface area contributed by atoms with E-state index in [1.54, 1.807) is 4.90 Å². The first-order valence-electron chi connectivity index (χ1n) is 7.05. The van der Waals surface area contributed by atoms with E-state index in [1.165, 1.54) is 5.56 Å². The lowest BCUT2D eigenvalue weighted by Gasteiger charge is -2.14. The molecule has 1 saturated heterocycles. The zero-order chi connectivity index (χ0) is 14.5. The third-order valence-electron chi connectivity index (χ3n) is 3.48. The van der Waals surface area contributed by atoms with Crippen LogP contribution in [0.3, 0.4) is 0 Å². The van der Waals surface area contributed by atoms with Crippen molar-refractivity contribution in [1.29, 1.82) is 0 Å². The van der Waals surface area contributed by atoms with Crippen LogP contribution in [-0.2, 0) is 11.2 Å². The van der Waals surface area contributed by atoms with Crippen LogP contribution in [0.5, 0.6) is 0 Å². The summed E-state index contributed by atoms with van der Waals surface area (Å²) < 4.78 is 0. The van der Waals surface area contributed by atoms with Crippen molar-refractivity contribution in [3.8, 4) is 0 Å². The number of rotatable bonds is 5. The van der Waals surface area contributed by atoms with E-state index in [0.717, 1.165) is 18.5 Å². The van der Waals surface area contributed by atoms with E-state index in [4.69, 9.17) is 0 Å². The lowest BCUT2D eigenvalue weighted by atomic mass is 10.1. The number of aryl methyl sites for hydroxylation is 1. The maximum absolute atomic E-state index is 11.9. The zero-order valence-corrected chi connectivity index (χ0v) is 11.7. The topological polar surface area (TPSA) is 72.8 Å². The van der Waals surface area contributed by atoms with Gasteiger partial charge in [-0.05, 0) is 24.1 Å². The third kappa shape index (κ3) is 4.03. The first kappa shape index (κ1) is 15.0. The maximum Gasteiger partial charge on any atom is 0.238 e. The van der Waals surface area contributed by atoms with Gasteiger partial charge in [-0.1, -0.05) is 25.5 Å². The molecule has 0 unspecified atom stereocenters. The highest BCUT2D eigenvalue weighted by Gasteiger charge is 2.30. The molecule has 0 spiro atoms. The lowest BCUT2D eigenvalue weighted by Crippen LogP contribution is -2.32. The molecule has 0 radical (unpaired) electrons. The standard InChI is InChI=1S/C15H22N2O3/c1-2-3-11-4-6-12(7-5-11)16-15(20)10-17-8-13(18)14(19)9-17/h4-7,13-14,18-19H,2-3,8-10H2,1H3,(H,16,20)/t13-,14+. The summed E-state index contributed by atoms with van der Waals surface area (Å²) in [5.74, 6) is -0.130. The summed E-state index contributed by atoms with van der Waals surface area (Å²) in [5.41, 5.74) is 2.03. The van der Waals surface area contributed by atoms with Gasteiger partial charge in [-0.15, -0.1) is 0 Å². The van der Waals surface area contributed by atoms with Crippen LogP contribution in [0.2, 0.25) is 0 Å². The molecular weight excluding hydrogens is 256 g/mol. The average molecular weight is 278 g/mol. The molecule has 1 aliphatic rings. The molecule has 2 rings (SSSR count). The van der Waals surface area contributed by atoms with Crippen LogP contribution in [-0.4, -0.2) is 52.9 Å². The number of nitrogens with one attached hydrogen (secondary N) is 1. The van der Waals surface area contributed by atoms with Crippen molar-refractivity contribution < 1.29 is 15.0 Å². The van der Waals surface area contributed by atoms with Crippen molar-refractivity contribution in [2.24, 2.45) is 0 Å². The average Bonchev–Trinajstić information content (AvgIpc) is 2.71. The summed E-state index contributed by atoms with van der Waals surface area (Å²) in [7, 11) is 0. The van der Waals surface area contributed by atoms with E-state index in [1.807, 2.05) is 24.3 Å². The monoisotopic (exact) mass is 278 g/mol. The number of amides is 1. The number of hydrogen-bond acceptors (Lipinski definition) is 4. The minimum Gasteiger partial charge on any atom is -0.389 e. The quantitative estimate of drug-likeness (QED) is 0.738. The summed E-state index contributed by atoms with van der Waals surface area (Å²) in [5, 5.41) is 21.7. The second-order valence-electron chi connectivity index (χ2n) is 5.32. The smallest absolute Gasteiger partial charge is 0.238 e. The van der Waals surface area contributed by atoms with Gasteiger partial charge in [0.05, 0.1) is 18.8 Å². The fraction of sp³-hybridized carbons (Fsp3) is 0.533. The number of carbonyl (C=O) groups excluding carboxylic acids is 1. The minimum absolute atomic E-state index is 0.130. The molecule has 0 aromatic heterocycles. The molecule has 3 N–H and O–H groups in total. The Morgan fingerprint density at radius 2 is 1.85 bits per heavy atom. The minimum atomic E-state index is -0.754. The predicted octanol–water partition coefficient (Wildman–Crippen LogP) is 0.615. The van der Waals surface area contributed by atoms with Gasteiger partial charge in [0.1, 0.15) is 0 Å². The Morgan fingerprint density at radius 3 is 2.40 bits per heavy atom. The van der Waals surface area contributed by atoms with Crippen molar-refractivity contribution in [2.75, 3.05) is 25.0 Å². The second-order valence-corrected chi connectivity index (χ2v) is 5.32. The summed E-state index contributed by atoms with van der Waals surface area (Å²) in [6, 6.07) is 7.83. The van der Waals surface area contributed by atoms with E-state index >= 15 is 0 Å². The fourth-order valence-electron chi connectivity index (χ4n) is 2.42. The Bertz CT molecular complexity index is 437. The Labute approximate surface area is 119 Å². The molecular formula is C15H22N2O3. The van der Waals surface area contributed by atoms with Crippen molar-refractivity contribution in [1.82, 2.24) is 4.90 Å². The highest BCUT2D eigenvalue weighted by Crippen LogP contribution is 2.12. The van der Waals surface area contributed by atoms with Gasteiger partial charge in [0, 0.05) is 18.8 Å². The molecule has 20 heavy (non-hydrogen) atoms. The molecule has 5 heteroatoms. The van der Waals surface area contributed by atoms with Crippen LogP contribution in [0.15, 0.2) is 24.3 Å². The van der Waals surface area contributed by atoms with Crippen LogP contribution in [0, 0.1) is 0 Å². The Kier molecular flexibility index (Phi) is 5.11. The van der Waals surface area contributed by atoms with Crippen molar-refractivity contribution >= 4 is 11.6 Å². The van der Waals surface area contributed by atoms with Crippen LogP contribution >= 0.6 is 0 Å². The Morgan fingerprint density at radius 1 is 1.25 bits per heavy atom. The number of anilines is 1. The van der Waals surface area contributed by atoms with Gasteiger partial charge >= 0.3 is 0 Å². The number of likely N-dealkylation sites (tertiary alicyclic amines) is 1. The number of aliphatic hydroxyl groups excluding tert-OH is 2. The summed E-state index contributed by atoms with van der Waals surface area (Å²) in [6.07, 6.45) is 0.635. The molecule has 0 aliphatic carbocycles. The maximum atomic E-state index is 11.9. The van der Waals surface area contributed by atoms with Gasteiger partial charge in [0.2, 0.25) is 5.91 Å². The second kappa shape index (κ2) is 6.83. The molecule has 0 saturated carbocycles. The molecule has 1 fully saturated rings. The molecule has 110 valence electrons. The third-order valence-corrected chi connectivity index (χ3v) is 3.48. The van der Waals surface area contributed by atoms with E-state index in [2.05, 4.69) is 12.2 Å². The summed E-state index contributed by atoms with van der Waals surface area (Å²) >= 11 is 0. The van der Waals surface area contributed by atoms with Gasteiger partial charge < -0.3 is 15.5 Å². The number of carbonyl (C=O) groups is 1. The van der Waals surface area contributed by atoms with Crippen molar-refractivity contribution in [3.05, 3.63) is 29.8 Å². The number of aliphatic hydroxyl groups is 2. The SMILES string of the molecule is CCCc1ccc(NC(=O)CN2C[C@@H](O)[C@@H](O)C2)cc1. The van der Waals surface area contributed by atoms with E-state index < -0.39 is 12.2 Å². The molecule has 1 aliphatic heterocycles. The number of benzene rings is 1. The number of nitrogens with zero attached hydrogens (tertiary/aromatic N) is 1. The first-order chi connectivity index (χ1) is 9.58. The van der Waals surface area contributed by atoms with Crippen LogP contribution in [0.4, 0.5) is 5.69 Å². The molecule has 0 bridgehead atoms. The largest absolute Gasteiger partial charge is 0.389 e. The molecule has 1 amide bonds. The fourth-order valence-corrected chi connectivity index (χ4v) is 2.42. The lowest BCUT2D eigenvalue weighted by molar-refractivity contribution is -0.117. The first-order valence-corrected chi connectivity index (χ1v) is 7.05. The highest BCUT2D eigenvalue weighted by atomic mass is 16.3. The van der Waals surface area contributed by atoms with E-state index in [9.17, 15) is 15.0 Å². The van der Waals surface area contributed by atoms with Crippen LogP contribution in [0.1, 0.15) is 18.9 Å². The summed E-state index contributed by atoms with van der Waals surface area (Å²) in [6.45, 7) is 2.99. The molecule has 2 atom stereocenters. The molecule has 1 heterocycles. The van der Waals surface area contributed by atoms with Crippen LogP contribution < -0.4 is 5.32 Å². The van der Waals surface area contributed by atoms with E-state index in [-0.39, 0.29) is 12.5 Å². The van der Waals surface area contributed by atoms with Crippen LogP contribution in [0.25, 0.3) is 0 Å². The Hall–Kier alpha value is -1.43. The normalized spacial score (nSPS) is 22.9. The molecule has 1 aromatic carbocycles. The Balaban J connectivity index is 1.82. The summed E-state index contributed by atoms with van der Waals surface area (Å²) in [4.78, 5) is 13.6. The van der Waals surface area contributed by atoms with Gasteiger partial charge in [0.25, 0.3) is 0 Å². The zero-order valence-electron chi connectivity index (χ0n) is 11.7. The van der Waals surface area contributed by atoms with Gasteiger partial charge in [-0.3, -0.25) is 9.69 Å². The highest BCUT2D eigenvalue weighted by molar-refractivity contribution is 5.92.